The van der Waals surface area contributed by atoms with Crippen LogP contribution in [0.3, 0.4) is 0 Å². The van der Waals surface area contributed by atoms with Gasteiger partial charge in [-0.15, -0.1) is 0 Å². The molecule has 0 spiro atoms. The molecule has 0 aliphatic carbocycles. The molecule has 4 heteroatoms. The number of nitrogens with zero attached hydrogens (tertiary/aromatic N) is 1. The number of piperidine rings is 1. The van der Waals surface area contributed by atoms with E-state index in [1.165, 1.54) is 11.1 Å². The lowest BCUT2D eigenvalue weighted by Crippen LogP contribution is -2.39. The van der Waals surface area contributed by atoms with Crippen LogP contribution < -0.4 is 9.64 Å². The molecular weight excluding hydrogens is 410 g/mol. The van der Waals surface area contributed by atoms with E-state index in [1.807, 2.05) is 18.2 Å². The molecule has 1 aliphatic heterocycles. The van der Waals surface area contributed by atoms with Gasteiger partial charge in [0.1, 0.15) is 11.5 Å². The number of hydrogen-bond donors (Lipinski definition) is 0. The summed E-state index contributed by atoms with van der Waals surface area (Å²) in [5.41, 5.74) is 2.86. The van der Waals surface area contributed by atoms with E-state index in [1.54, 1.807) is 20.8 Å². The lowest BCUT2D eigenvalue weighted by Gasteiger charge is -2.34. The molecule has 33 heavy (non-hydrogen) atoms. The predicted molar refractivity (Wildman–Crippen MR) is 135 cm³/mol. The highest BCUT2D eigenvalue weighted by Gasteiger charge is 2.28. The molecule has 0 amide bonds. The fourth-order valence-corrected chi connectivity index (χ4v) is 4.32. The number of rotatable bonds is 10. The Balaban J connectivity index is 1.54. The quantitative estimate of drug-likeness (QED) is 0.423. The van der Waals surface area contributed by atoms with Gasteiger partial charge in [-0.1, -0.05) is 44.2 Å². The van der Waals surface area contributed by atoms with Gasteiger partial charge in [0.15, 0.2) is 11.4 Å². The van der Waals surface area contributed by atoms with Crippen LogP contribution in [0.15, 0.2) is 48.5 Å². The van der Waals surface area contributed by atoms with Crippen LogP contribution in [0.25, 0.3) is 0 Å². The van der Waals surface area contributed by atoms with E-state index in [0.29, 0.717) is 23.9 Å². The molecule has 1 unspecified atom stereocenters. The number of Topliss-reactive ketones (excluding diaryl/α,β-unsaturated/α-hetero) is 2. The van der Waals surface area contributed by atoms with E-state index in [0.717, 1.165) is 44.5 Å². The van der Waals surface area contributed by atoms with Gasteiger partial charge >= 0.3 is 0 Å². The molecule has 1 atom stereocenters. The van der Waals surface area contributed by atoms with Crippen molar-refractivity contribution < 1.29 is 14.3 Å². The van der Waals surface area contributed by atoms with Crippen LogP contribution in [0.2, 0.25) is 0 Å². The van der Waals surface area contributed by atoms with Gasteiger partial charge in [-0.05, 0) is 75.6 Å². The minimum Gasteiger partial charge on any atom is -0.480 e. The van der Waals surface area contributed by atoms with Crippen molar-refractivity contribution in [3.63, 3.8) is 0 Å². The van der Waals surface area contributed by atoms with Gasteiger partial charge < -0.3 is 9.64 Å². The second-order valence-corrected chi connectivity index (χ2v) is 10.2. The fourth-order valence-electron chi connectivity index (χ4n) is 4.32. The zero-order valence-electron chi connectivity index (χ0n) is 20.9. The molecule has 1 heterocycles. The normalized spacial score (nSPS) is 16.7. The highest BCUT2D eigenvalue weighted by Crippen LogP contribution is 2.29. The highest BCUT2D eigenvalue weighted by molar-refractivity contribution is 5.84. The number of benzene rings is 2. The largest absolute Gasteiger partial charge is 0.480 e. The fraction of sp³-hybridized carbons (Fsp3) is 0.517. The molecule has 0 aromatic heterocycles. The number of ether oxygens (including phenoxy) is 1. The number of aryl methyl sites for hydroxylation is 1. The van der Waals surface area contributed by atoms with Gasteiger partial charge in [0.05, 0.1) is 0 Å². The first-order valence-corrected chi connectivity index (χ1v) is 12.3. The summed E-state index contributed by atoms with van der Waals surface area (Å²) in [6, 6.07) is 16.7. The summed E-state index contributed by atoms with van der Waals surface area (Å²) in [5, 5.41) is 0. The first kappa shape index (κ1) is 25.0. The van der Waals surface area contributed by atoms with E-state index in [4.69, 9.17) is 4.74 Å². The van der Waals surface area contributed by atoms with Crippen LogP contribution in [-0.4, -0.2) is 30.3 Å². The Labute approximate surface area is 199 Å². The number of ketones is 2. The third kappa shape index (κ3) is 6.93. The van der Waals surface area contributed by atoms with Gasteiger partial charge in [-0.3, -0.25) is 9.59 Å². The summed E-state index contributed by atoms with van der Waals surface area (Å²) >= 11 is 0. The minimum atomic E-state index is -0.853. The maximum absolute atomic E-state index is 12.9. The van der Waals surface area contributed by atoms with Crippen molar-refractivity contribution >= 4 is 17.3 Å². The average molecular weight is 450 g/mol. The van der Waals surface area contributed by atoms with Crippen LogP contribution in [0, 0.1) is 5.92 Å². The predicted octanol–water partition coefficient (Wildman–Crippen LogP) is 6.36. The van der Waals surface area contributed by atoms with Crippen LogP contribution in [0.5, 0.6) is 5.75 Å². The van der Waals surface area contributed by atoms with Crippen molar-refractivity contribution in [1.29, 1.82) is 0 Å². The second-order valence-electron chi connectivity index (χ2n) is 10.2. The molecule has 0 radical (unpaired) electrons. The maximum atomic E-state index is 12.9. The SMILES string of the molecule is CC(=O)C(C)(C)Oc1cccc(N2CCCC(C(=O)CCCc3ccc(C(C)C)cc3)C2)c1. The zero-order chi connectivity index (χ0) is 24.0. The van der Waals surface area contributed by atoms with E-state index in [2.05, 4.69) is 49.1 Å². The molecule has 0 bridgehead atoms. The Hall–Kier alpha value is -2.62. The molecule has 0 N–H and O–H groups in total. The van der Waals surface area contributed by atoms with Crippen molar-refractivity contribution in [1.82, 2.24) is 0 Å². The molecule has 1 aliphatic rings. The summed E-state index contributed by atoms with van der Waals surface area (Å²) in [4.78, 5) is 27.1. The minimum absolute atomic E-state index is 0.00704. The van der Waals surface area contributed by atoms with Crippen LogP contribution in [-0.2, 0) is 16.0 Å². The van der Waals surface area contributed by atoms with Gasteiger partial charge in [0.2, 0.25) is 0 Å². The Bertz CT molecular complexity index is 946. The molecule has 4 nitrogen and oxygen atoms in total. The molecular formula is C29H39NO3. The molecule has 178 valence electrons. The smallest absolute Gasteiger partial charge is 0.172 e. The van der Waals surface area contributed by atoms with Crippen molar-refractivity contribution in [2.45, 2.75) is 78.2 Å². The summed E-state index contributed by atoms with van der Waals surface area (Å²) in [6.45, 7) is 11.2. The van der Waals surface area contributed by atoms with Gasteiger partial charge in [0.25, 0.3) is 0 Å². The second kappa shape index (κ2) is 11.0. The lowest BCUT2D eigenvalue weighted by molar-refractivity contribution is -0.129. The van der Waals surface area contributed by atoms with Crippen molar-refractivity contribution in [2.75, 3.05) is 18.0 Å². The average Bonchev–Trinajstić information content (AvgIpc) is 2.79. The summed E-state index contributed by atoms with van der Waals surface area (Å²) in [7, 11) is 0. The van der Waals surface area contributed by atoms with E-state index >= 15 is 0 Å². The Morgan fingerprint density at radius 3 is 2.52 bits per heavy atom. The first-order valence-electron chi connectivity index (χ1n) is 12.3. The van der Waals surface area contributed by atoms with Crippen LogP contribution in [0.1, 0.15) is 77.3 Å². The topological polar surface area (TPSA) is 46.6 Å². The summed E-state index contributed by atoms with van der Waals surface area (Å²) in [6.07, 6.45) is 4.47. The Morgan fingerprint density at radius 2 is 1.85 bits per heavy atom. The van der Waals surface area contributed by atoms with Gasteiger partial charge in [-0.25, -0.2) is 0 Å². The zero-order valence-corrected chi connectivity index (χ0v) is 20.9. The Kier molecular flexibility index (Phi) is 8.34. The summed E-state index contributed by atoms with van der Waals surface area (Å²) < 4.78 is 5.94. The molecule has 2 aromatic carbocycles. The number of anilines is 1. The maximum Gasteiger partial charge on any atom is 0.172 e. The van der Waals surface area contributed by atoms with E-state index < -0.39 is 5.60 Å². The standard InChI is InChI=1S/C29H39NO3/c1-21(2)24-16-14-23(15-17-24)9-6-13-28(32)25-10-8-18-30(20-25)26-11-7-12-27(19-26)33-29(4,5)22(3)31/h7,11-12,14-17,19,21,25H,6,8-10,13,18,20H2,1-5H3. The lowest BCUT2D eigenvalue weighted by atomic mass is 9.90. The van der Waals surface area contributed by atoms with Gasteiger partial charge in [-0.2, -0.15) is 0 Å². The molecule has 0 saturated carbocycles. The molecule has 1 saturated heterocycles. The third-order valence-electron chi connectivity index (χ3n) is 6.82. The van der Waals surface area contributed by atoms with E-state index in [9.17, 15) is 9.59 Å². The van der Waals surface area contributed by atoms with Crippen molar-refractivity contribution in [3.05, 3.63) is 59.7 Å². The number of carbonyl (C=O) groups excluding carboxylic acids is 2. The number of hydrogen-bond acceptors (Lipinski definition) is 4. The highest BCUT2D eigenvalue weighted by atomic mass is 16.5. The van der Waals surface area contributed by atoms with Gasteiger partial charge in [0, 0.05) is 37.2 Å². The molecule has 3 rings (SSSR count). The monoisotopic (exact) mass is 449 g/mol. The Morgan fingerprint density at radius 1 is 1.12 bits per heavy atom. The molecule has 1 fully saturated rings. The van der Waals surface area contributed by atoms with E-state index in [-0.39, 0.29) is 11.7 Å². The summed E-state index contributed by atoms with van der Waals surface area (Å²) in [5.74, 6) is 1.68. The molecule has 2 aromatic rings. The third-order valence-corrected chi connectivity index (χ3v) is 6.82. The first-order chi connectivity index (χ1) is 15.7. The number of carbonyl (C=O) groups is 2. The van der Waals surface area contributed by atoms with Crippen molar-refractivity contribution in [3.8, 4) is 5.75 Å². The van der Waals surface area contributed by atoms with Crippen LogP contribution in [0.4, 0.5) is 5.69 Å². The van der Waals surface area contributed by atoms with Crippen molar-refractivity contribution in [2.24, 2.45) is 5.92 Å². The van der Waals surface area contributed by atoms with Crippen LogP contribution >= 0.6 is 0 Å².